The van der Waals surface area contributed by atoms with Gasteiger partial charge in [0.05, 0.1) is 12.5 Å². The maximum absolute atomic E-state index is 11.6. The third kappa shape index (κ3) is 2.86. The Morgan fingerprint density at radius 2 is 2.13 bits per heavy atom. The van der Waals surface area contributed by atoms with Crippen LogP contribution in [0.2, 0.25) is 0 Å². The number of hydrogen-bond acceptors (Lipinski definition) is 2. The van der Waals surface area contributed by atoms with Gasteiger partial charge in [-0.25, -0.2) is 0 Å². The summed E-state index contributed by atoms with van der Waals surface area (Å²) < 4.78 is 0.200. The van der Waals surface area contributed by atoms with Crippen molar-refractivity contribution in [1.29, 1.82) is 0 Å². The molecule has 0 aromatic carbocycles. The molecule has 1 aliphatic carbocycles. The fourth-order valence-electron chi connectivity index (χ4n) is 1.91. The van der Waals surface area contributed by atoms with Gasteiger partial charge in [-0.15, -0.1) is 0 Å². The molecule has 5 heteroatoms. The molecule has 15 heavy (non-hydrogen) atoms. The van der Waals surface area contributed by atoms with Crippen molar-refractivity contribution < 1.29 is 9.90 Å². The Morgan fingerprint density at radius 3 is 2.60 bits per heavy atom. The molecular formula is C10H15Cl2NO2. The monoisotopic (exact) mass is 251 g/mol. The average Bonchev–Trinajstić information content (AvgIpc) is 2.63. The van der Waals surface area contributed by atoms with Crippen LogP contribution < -0.4 is 5.32 Å². The molecule has 2 atom stereocenters. The van der Waals surface area contributed by atoms with Crippen molar-refractivity contribution in [2.75, 3.05) is 13.2 Å². The van der Waals surface area contributed by atoms with E-state index in [9.17, 15) is 4.79 Å². The van der Waals surface area contributed by atoms with E-state index >= 15 is 0 Å². The van der Waals surface area contributed by atoms with Crippen LogP contribution in [0.4, 0.5) is 0 Å². The molecule has 0 aromatic heterocycles. The van der Waals surface area contributed by atoms with Gasteiger partial charge in [0.25, 0.3) is 0 Å². The van der Waals surface area contributed by atoms with E-state index in [1.165, 1.54) is 0 Å². The number of carbonyl (C=O) groups excluding carboxylic acids is 1. The summed E-state index contributed by atoms with van der Waals surface area (Å²) in [4.78, 5) is 11.6. The van der Waals surface area contributed by atoms with Crippen LogP contribution in [0.5, 0.6) is 0 Å². The molecule has 1 rings (SSSR count). The van der Waals surface area contributed by atoms with E-state index in [2.05, 4.69) is 5.32 Å². The van der Waals surface area contributed by atoms with Crippen molar-refractivity contribution in [2.45, 2.75) is 13.8 Å². The van der Waals surface area contributed by atoms with Gasteiger partial charge < -0.3 is 10.4 Å². The van der Waals surface area contributed by atoms with E-state index in [1.54, 1.807) is 6.08 Å². The van der Waals surface area contributed by atoms with E-state index in [0.29, 0.717) is 0 Å². The third-order valence-corrected chi connectivity index (χ3v) is 3.16. The number of aliphatic hydroxyl groups excluding tert-OH is 1. The highest BCUT2D eigenvalue weighted by Crippen LogP contribution is 2.59. The Morgan fingerprint density at radius 1 is 1.53 bits per heavy atom. The largest absolute Gasteiger partial charge is 0.395 e. The number of allylic oxidation sites excluding steroid dienone is 1. The van der Waals surface area contributed by atoms with Crippen LogP contribution in [0, 0.1) is 17.3 Å². The molecule has 1 amide bonds. The van der Waals surface area contributed by atoms with Gasteiger partial charge in [0, 0.05) is 6.54 Å². The normalized spacial score (nSPS) is 27.0. The predicted molar refractivity (Wildman–Crippen MR) is 60.6 cm³/mol. The Kier molecular flexibility index (Phi) is 4.04. The predicted octanol–water partition coefficient (Wildman–Crippen LogP) is 1.69. The Balaban J connectivity index is 2.58. The number of amides is 1. The van der Waals surface area contributed by atoms with Crippen LogP contribution in [-0.2, 0) is 4.79 Å². The maximum atomic E-state index is 11.6. The van der Waals surface area contributed by atoms with Crippen LogP contribution in [0.1, 0.15) is 13.8 Å². The van der Waals surface area contributed by atoms with E-state index in [4.69, 9.17) is 28.3 Å². The van der Waals surface area contributed by atoms with Crippen LogP contribution in [0.25, 0.3) is 0 Å². The maximum Gasteiger partial charge on any atom is 0.224 e. The first kappa shape index (κ1) is 12.8. The van der Waals surface area contributed by atoms with Crippen LogP contribution in [0.3, 0.4) is 0 Å². The molecule has 86 valence electrons. The number of rotatable bonds is 4. The van der Waals surface area contributed by atoms with Gasteiger partial charge in [0.1, 0.15) is 4.49 Å². The zero-order valence-electron chi connectivity index (χ0n) is 8.76. The SMILES string of the molecule is CC1(C)C(C=C(Cl)Cl)C1C(=O)NCCO. The number of hydrogen-bond donors (Lipinski definition) is 2. The van der Waals surface area contributed by atoms with Gasteiger partial charge >= 0.3 is 0 Å². The minimum absolute atomic E-state index is 0.0460. The van der Waals surface area contributed by atoms with Gasteiger partial charge in [-0.05, 0) is 17.4 Å². The highest BCUT2D eigenvalue weighted by Gasteiger charge is 2.60. The lowest BCUT2D eigenvalue weighted by Gasteiger charge is -2.03. The summed E-state index contributed by atoms with van der Waals surface area (Å²) in [5.41, 5.74) is -0.103. The standard InChI is InChI=1S/C10H15Cl2NO2/c1-10(2)6(5-7(11)12)8(10)9(15)13-3-4-14/h5-6,8,14H,3-4H2,1-2H3,(H,13,15). The van der Waals surface area contributed by atoms with E-state index in [0.717, 1.165) is 0 Å². The third-order valence-electron chi connectivity index (χ3n) is 2.91. The van der Waals surface area contributed by atoms with Crippen LogP contribution >= 0.6 is 23.2 Å². The number of carbonyl (C=O) groups is 1. The fraction of sp³-hybridized carbons (Fsp3) is 0.700. The molecule has 1 aliphatic rings. The highest BCUT2D eigenvalue weighted by atomic mass is 35.5. The second-order valence-electron chi connectivity index (χ2n) is 4.30. The Bertz CT molecular complexity index is 285. The van der Waals surface area contributed by atoms with Gasteiger partial charge in [0.15, 0.2) is 0 Å². The van der Waals surface area contributed by atoms with E-state index in [1.807, 2.05) is 13.8 Å². The summed E-state index contributed by atoms with van der Waals surface area (Å²) in [6, 6.07) is 0. The topological polar surface area (TPSA) is 49.3 Å². The average molecular weight is 252 g/mol. The van der Waals surface area contributed by atoms with Crippen molar-refractivity contribution in [3.63, 3.8) is 0 Å². The number of aliphatic hydroxyl groups is 1. The van der Waals surface area contributed by atoms with Gasteiger partial charge in [-0.3, -0.25) is 4.79 Å². The molecule has 0 spiro atoms. The Hall–Kier alpha value is -0.250. The zero-order valence-corrected chi connectivity index (χ0v) is 10.3. The lowest BCUT2D eigenvalue weighted by atomic mass is 10.1. The van der Waals surface area contributed by atoms with Gasteiger partial charge in [-0.1, -0.05) is 37.0 Å². The van der Waals surface area contributed by atoms with Crippen molar-refractivity contribution in [3.05, 3.63) is 10.6 Å². The summed E-state index contributed by atoms with van der Waals surface area (Å²) in [6.45, 7) is 4.23. The lowest BCUT2D eigenvalue weighted by molar-refractivity contribution is -0.123. The lowest BCUT2D eigenvalue weighted by Crippen LogP contribution is -2.29. The summed E-state index contributed by atoms with van der Waals surface area (Å²) in [5, 5.41) is 11.2. The molecule has 3 nitrogen and oxygen atoms in total. The summed E-state index contributed by atoms with van der Waals surface area (Å²) in [5.74, 6) is -0.0670. The van der Waals surface area contributed by atoms with Gasteiger partial charge in [-0.2, -0.15) is 0 Å². The molecular weight excluding hydrogens is 237 g/mol. The molecule has 2 N–H and O–H groups in total. The summed E-state index contributed by atoms with van der Waals surface area (Å²) in [7, 11) is 0. The molecule has 2 unspecified atom stereocenters. The first-order valence-electron chi connectivity index (χ1n) is 4.82. The molecule has 0 saturated heterocycles. The van der Waals surface area contributed by atoms with E-state index < -0.39 is 0 Å². The van der Waals surface area contributed by atoms with Crippen molar-refractivity contribution in [2.24, 2.45) is 17.3 Å². The first-order valence-corrected chi connectivity index (χ1v) is 5.58. The molecule has 0 heterocycles. The quantitative estimate of drug-likeness (QED) is 0.799. The van der Waals surface area contributed by atoms with Crippen molar-refractivity contribution in [1.82, 2.24) is 5.32 Å². The fourth-order valence-corrected chi connectivity index (χ4v) is 2.19. The highest BCUT2D eigenvalue weighted by molar-refractivity contribution is 6.55. The van der Waals surface area contributed by atoms with Crippen LogP contribution in [-0.4, -0.2) is 24.2 Å². The number of halogens is 2. The second-order valence-corrected chi connectivity index (χ2v) is 5.30. The second kappa shape index (κ2) is 4.73. The van der Waals surface area contributed by atoms with Crippen molar-refractivity contribution >= 4 is 29.1 Å². The molecule has 0 aliphatic heterocycles. The minimum atomic E-state index is -0.103. The molecule has 0 radical (unpaired) electrons. The summed E-state index contributed by atoms with van der Waals surface area (Å²) >= 11 is 11.1. The van der Waals surface area contributed by atoms with E-state index in [-0.39, 0.29) is 40.8 Å². The molecule has 0 aromatic rings. The van der Waals surface area contributed by atoms with Crippen LogP contribution in [0.15, 0.2) is 10.6 Å². The zero-order chi connectivity index (χ0) is 11.6. The van der Waals surface area contributed by atoms with Gasteiger partial charge in [0.2, 0.25) is 5.91 Å². The first-order chi connectivity index (χ1) is 6.91. The smallest absolute Gasteiger partial charge is 0.224 e. The summed E-state index contributed by atoms with van der Waals surface area (Å²) in [6.07, 6.45) is 1.70. The molecule has 1 saturated carbocycles. The Labute approximate surface area is 99.4 Å². The minimum Gasteiger partial charge on any atom is -0.395 e. The molecule has 1 fully saturated rings. The number of nitrogens with one attached hydrogen (secondary N) is 1. The molecule has 0 bridgehead atoms. The van der Waals surface area contributed by atoms with Crippen molar-refractivity contribution in [3.8, 4) is 0 Å².